The van der Waals surface area contributed by atoms with Crippen molar-refractivity contribution in [3.63, 3.8) is 0 Å². The molecule has 5 nitrogen and oxygen atoms in total. The van der Waals surface area contributed by atoms with Crippen molar-refractivity contribution in [2.24, 2.45) is 5.16 Å². The van der Waals surface area contributed by atoms with Crippen molar-refractivity contribution in [1.82, 2.24) is 10.9 Å². The molecule has 0 aromatic heterocycles. The van der Waals surface area contributed by atoms with Crippen LogP contribution < -0.4 is 10.9 Å². The van der Waals surface area contributed by atoms with Gasteiger partial charge in [0.05, 0.1) is 11.4 Å². The van der Waals surface area contributed by atoms with Gasteiger partial charge in [0.15, 0.2) is 0 Å². The van der Waals surface area contributed by atoms with Crippen molar-refractivity contribution in [3.8, 4) is 0 Å². The Morgan fingerprint density at radius 3 is 2.22 bits per heavy atom. The zero-order valence-electron chi connectivity index (χ0n) is 16.6. The van der Waals surface area contributed by atoms with E-state index >= 15 is 0 Å². The molecule has 0 spiro atoms. The van der Waals surface area contributed by atoms with Crippen LogP contribution in [0, 0.1) is 0 Å². The Morgan fingerprint density at radius 1 is 1.12 bits per heavy atom. The van der Waals surface area contributed by atoms with Crippen molar-refractivity contribution >= 4 is 34.8 Å². The number of nitrogens with zero attached hydrogens (tertiary/aromatic N) is 1. The van der Waals surface area contributed by atoms with E-state index in [1.165, 1.54) is 18.2 Å². The number of carbonyl (C=O) groups is 1. The summed E-state index contributed by atoms with van der Waals surface area (Å²) < 4.78 is 78.6. The van der Waals surface area contributed by atoms with E-state index in [9.17, 15) is 31.1 Å². The van der Waals surface area contributed by atoms with Gasteiger partial charge in [0, 0.05) is 22.0 Å². The second kappa shape index (κ2) is 9.62. The van der Waals surface area contributed by atoms with Crippen molar-refractivity contribution < 1.29 is 36.0 Å². The lowest BCUT2D eigenvalue weighted by Gasteiger charge is -2.29. The average Bonchev–Trinajstić information content (AvgIpc) is 3.04. The predicted molar refractivity (Wildman–Crippen MR) is 107 cm³/mol. The molecule has 1 unspecified atom stereocenters. The molecular formula is C19H17Cl2F6N3O2. The van der Waals surface area contributed by atoms with E-state index in [-0.39, 0.29) is 27.0 Å². The van der Waals surface area contributed by atoms with E-state index in [0.717, 1.165) is 12.1 Å². The third-order valence-corrected chi connectivity index (χ3v) is 4.65. The van der Waals surface area contributed by atoms with Gasteiger partial charge in [0.2, 0.25) is 5.91 Å². The van der Waals surface area contributed by atoms with Crippen LogP contribution in [0.4, 0.5) is 26.3 Å². The Kier molecular flexibility index (Phi) is 7.77. The lowest BCUT2D eigenvalue weighted by atomic mass is 9.88. The molecule has 0 bridgehead atoms. The summed E-state index contributed by atoms with van der Waals surface area (Å²) >= 11 is 11.7. The Bertz CT molecular complexity index is 949. The molecule has 1 atom stereocenters. The first-order valence-corrected chi connectivity index (χ1v) is 9.64. The molecule has 2 rings (SSSR count). The Morgan fingerprint density at radius 2 is 1.72 bits per heavy atom. The number of carbonyl (C=O) groups excluding carboxylic acids is 1. The summed E-state index contributed by atoms with van der Waals surface area (Å²) in [7, 11) is 0. The molecular weight excluding hydrogens is 487 g/mol. The first-order chi connectivity index (χ1) is 14.6. The molecule has 176 valence electrons. The van der Waals surface area contributed by atoms with Gasteiger partial charge in [-0.1, -0.05) is 33.9 Å². The zero-order valence-corrected chi connectivity index (χ0v) is 18.1. The molecule has 0 saturated heterocycles. The topological polar surface area (TPSA) is 62.7 Å². The van der Waals surface area contributed by atoms with E-state index in [2.05, 4.69) is 10.6 Å². The summed E-state index contributed by atoms with van der Waals surface area (Å²) in [4.78, 5) is 16.1. The summed E-state index contributed by atoms with van der Waals surface area (Å²) in [5, 5.41) is 3.47. The van der Waals surface area contributed by atoms with Crippen molar-refractivity contribution in [3.05, 3.63) is 57.2 Å². The number of alkyl halides is 6. The van der Waals surface area contributed by atoms with Crippen LogP contribution in [0.5, 0.6) is 0 Å². The molecule has 13 heteroatoms. The number of nitrogens with one attached hydrogen (secondary N) is 2. The van der Waals surface area contributed by atoms with E-state index in [1.54, 1.807) is 13.8 Å². The first kappa shape index (κ1) is 25.9. The highest BCUT2D eigenvalue weighted by Gasteiger charge is 2.62. The van der Waals surface area contributed by atoms with Crippen LogP contribution in [0.3, 0.4) is 0 Å². The maximum Gasteiger partial charge on any atom is 0.435 e. The van der Waals surface area contributed by atoms with E-state index < -0.39 is 36.7 Å². The number of rotatable bonds is 6. The average molecular weight is 504 g/mol. The molecule has 0 saturated carbocycles. The van der Waals surface area contributed by atoms with Crippen molar-refractivity contribution in [2.75, 3.05) is 0 Å². The van der Waals surface area contributed by atoms with E-state index in [1.807, 2.05) is 5.43 Å². The summed E-state index contributed by atoms with van der Waals surface area (Å²) in [6, 6.07) is 3.41. The van der Waals surface area contributed by atoms with Crippen molar-refractivity contribution in [2.45, 2.75) is 44.6 Å². The van der Waals surface area contributed by atoms with E-state index in [0.29, 0.717) is 5.57 Å². The number of halogens is 8. The molecule has 0 fully saturated rings. The zero-order chi connectivity index (χ0) is 24.3. The number of benzene rings is 1. The highest BCUT2D eigenvalue weighted by molar-refractivity contribution is 6.34. The Hall–Kier alpha value is -2.40. The van der Waals surface area contributed by atoms with Crippen LogP contribution in [-0.4, -0.2) is 24.0 Å². The van der Waals surface area contributed by atoms with Gasteiger partial charge in [-0.2, -0.15) is 26.3 Å². The second-order valence-corrected chi connectivity index (χ2v) is 7.92. The summed E-state index contributed by atoms with van der Waals surface area (Å²) in [6.07, 6.45) is -9.53. The van der Waals surface area contributed by atoms with Crippen LogP contribution in [0.2, 0.25) is 10.0 Å². The van der Waals surface area contributed by atoms with Crippen LogP contribution in [0.1, 0.15) is 32.3 Å². The Labute approximate surface area is 189 Å². The maximum absolute atomic E-state index is 13.9. The van der Waals surface area contributed by atoms with Crippen molar-refractivity contribution in [1.29, 1.82) is 0 Å². The normalized spacial score (nSPS) is 18.9. The SMILES string of the molecule is CC(C)=C(/C=C/C1=NOC(c2cc(Cl)cc(Cl)c2)(C(F)(F)F)C1)NNC(=O)CC(F)(F)F. The fourth-order valence-electron chi connectivity index (χ4n) is 2.68. The minimum absolute atomic E-state index is 0.0191. The molecule has 0 aliphatic carbocycles. The molecule has 1 aliphatic rings. The van der Waals surface area contributed by atoms with E-state index in [4.69, 9.17) is 28.0 Å². The molecule has 1 aromatic carbocycles. The largest absolute Gasteiger partial charge is 0.435 e. The quantitative estimate of drug-likeness (QED) is 0.286. The first-order valence-electron chi connectivity index (χ1n) is 8.88. The fourth-order valence-corrected chi connectivity index (χ4v) is 3.21. The predicted octanol–water partition coefficient (Wildman–Crippen LogP) is 5.95. The minimum atomic E-state index is -4.87. The van der Waals surface area contributed by atoms with Crippen LogP contribution in [0.25, 0.3) is 0 Å². The molecule has 1 aliphatic heterocycles. The second-order valence-electron chi connectivity index (χ2n) is 7.05. The summed E-state index contributed by atoms with van der Waals surface area (Å²) in [5.41, 5.74) is 1.59. The number of amides is 1. The fraction of sp³-hybridized carbons (Fsp3) is 0.368. The molecule has 2 N–H and O–H groups in total. The summed E-state index contributed by atoms with van der Waals surface area (Å²) in [5.74, 6) is -1.33. The van der Waals surface area contributed by atoms with Gasteiger partial charge in [0.1, 0.15) is 6.42 Å². The van der Waals surface area contributed by atoms with Gasteiger partial charge in [-0.3, -0.25) is 15.6 Å². The highest BCUT2D eigenvalue weighted by Crippen LogP contribution is 2.49. The smallest absolute Gasteiger partial charge is 0.374 e. The van der Waals surface area contributed by atoms with Crippen LogP contribution in [0.15, 0.2) is 46.8 Å². The van der Waals surface area contributed by atoms with Gasteiger partial charge in [0.25, 0.3) is 5.60 Å². The third kappa shape index (κ3) is 6.55. The van der Waals surface area contributed by atoms with Gasteiger partial charge >= 0.3 is 12.4 Å². The number of allylic oxidation sites excluding steroid dienone is 3. The number of oxime groups is 1. The lowest BCUT2D eigenvalue weighted by Crippen LogP contribution is -2.42. The summed E-state index contributed by atoms with van der Waals surface area (Å²) in [6.45, 7) is 3.15. The maximum atomic E-state index is 13.9. The van der Waals surface area contributed by atoms with Gasteiger partial charge in [-0.05, 0) is 44.2 Å². The van der Waals surface area contributed by atoms with Gasteiger partial charge in [-0.25, -0.2) is 0 Å². The molecule has 1 amide bonds. The highest BCUT2D eigenvalue weighted by atomic mass is 35.5. The minimum Gasteiger partial charge on any atom is -0.374 e. The third-order valence-electron chi connectivity index (χ3n) is 4.21. The standard InChI is InChI=1S/C19H17Cl2F6N3O2/c1-10(2)15(28-29-16(31)9-18(22,23)24)4-3-14-8-17(32-30-14,19(25,26)27)11-5-12(20)7-13(21)6-11/h3-7,28H,8-9H2,1-2H3,(H,29,31)/b4-3+. The van der Waals surface area contributed by atoms with Crippen LogP contribution in [-0.2, 0) is 15.2 Å². The Balaban J connectivity index is 2.19. The number of hydrogen-bond donors (Lipinski definition) is 2. The molecule has 32 heavy (non-hydrogen) atoms. The lowest BCUT2D eigenvalue weighted by molar-refractivity contribution is -0.275. The van der Waals surface area contributed by atoms with Gasteiger partial charge < -0.3 is 4.84 Å². The van der Waals surface area contributed by atoms with Crippen LogP contribution >= 0.6 is 23.2 Å². The molecule has 0 radical (unpaired) electrons. The number of hydrazine groups is 1. The monoisotopic (exact) mass is 503 g/mol. The molecule has 1 heterocycles. The molecule has 1 aromatic rings. The van der Waals surface area contributed by atoms with Gasteiger partial charge in [-0.15, -0.1) is 0 Å². The number of hydrogen-bond acceptors (Lipinski definition) is 4.